The van der Waals surface area contributed by atoms with Crippen LogP contribution in [0.1, 0.15) is 45.4 Å². The van der Waals surface area contributed by atoms with Crippen molar-refractivity contribution in [3.63, 3.8) is 0 Å². The highest BCUT2D eigenvalue weighted by molar-refractivity contribution is 5.85. The van der Waals surface area contributed by atoms with Gasteiger partial charge in [-0.3, -0.25) is 0 Å². The number of rotatable bonds is 3. The molecule has 4 rings (SSSR count). The zero-order valence-corrected chi connectivity index (χ0v) is 14.3. The number of aromatic carboxylic acids is 1. The highest BCUT2D eigenvalue weighted by Crippen LogP contribution is 2.53. The van der Waals surface area contributed by atoms with E-state index in [0.29, 0.717) is 11.8 Å². The van der Waals surface area contributed by atoms with E-state index in [2.05, 4.69) is 30.5 Å². The Morgan fingerprint density at radius 2 is 1.96 bits per heavy atom. The van der Waals surface area contributed by atoms with Crippen LogP contribution in [-0.4, -0.2) is 13.1 Å². The van der Waals surface area contributed by atoms with Crippen molar-refractivity contribution >= 4 is 11.7 Å². The number of methoxy groups -OCH3 is 1. The fraction of sp³-hybridized carbons (Fsp3) is 0.286. The van der Waals surface area contributed by atoms with E-state index in [0.717, 1.165) is 23.4 Å². The summed E-state index contributed by atoms with van der Waals surface area (Å²) in [6.45, 7) is 2.14. The Morgan fingerprint density at radius 1 is 1.20 bits per heavy atom. The van der Waals surface area contributed by atoms with Crippen molar-refractivity contribution in [2.75, 3.05) is 12.4 Å². The second-order valence-corrected chi connectivity index (χ2v) is 6.76. The van der Waals surface area contributed by atoms with Crippen LogP contribution in [0.4, 0.5) is 5.69 Å². The normalized spacial score (nSPS) is 23.5. The largest absolute Gasteiger partial charge is 0.545 e. The molecule has 0 spiro atoms. The SMILES string of the molecule is COc1ccc(C)c2c1N[C@@H](c1ccc(C(=O)[O-])cc1)[C@H]1CC=C[C@H]21. The molecule has 1 aliphatic carbocycles. The van der Waals surface area contributed by atoms with Gasteiger partial charge in [-0.2, -0.15) is 0 Å². The van der Waals surface area contributed by atoms with Crippen LogP contribution in [0.2, 0.25) is 0 Å². The first-order valence-electron chi connectivity index (χ1n) is 8.52. The van der Waals surface area contributed by atoms with Gasteiger partial charge < -0.3 is 20.0 Å². The molecule has 1 heterocycles. The summed E-state index contributed by atoms with van der Waals surface area (Å²) in [5.41, 5.74) is 4.90. The van der Waals surface area contributed by atoms with Gasteiger partial charge in [0, 0.05) is 5.92 Å². The molecule has 0 amide bonds. The maximum absolute atomic E-state index is 11.0. The fourth-order valence-corrected chi connectivity index (χ4v) is 4.20. The number of carboxylic acids is 1. The summed E-state index contributed by atoms with van der Waals surface area (Å²) < 4.78 is 5.58. The van der Waals surface area contributed by atoms with Crippen molar-refractivity contribution < 1.29 is 14.6 Å². The number of ether oxygens (including phenoxy) is 1. The molecule has 0 unspecified atom stereocenters. The highest BCUT2D eigenvalue weighted by Gasteiger charge is 2.39. The van der Waals surface area contributed by atoms with Crippen molar-refractivity contribution in [2.45, 2.75) is 25.3 Å². The third kappa shape index (κ3) is 2.49. The van der Waals surface area contributed by atoms with Gasteiger partial charge >= 0.3 is 0 Å². The average Bonchev–Trinajstić information content (AvgIpc) is 3.11. The quantitative estimate of drug-likeness (QED) is 0.876. The molecule has 3 atom stereocenters. The Bertz CT molecular complexity index is 854. The lowest BCUT2D eigenvalue weighted by Gasteiger charge is -2.39. The molecule has 4 nitrogen and oxygen atoms in total. The molecule has 1 aliphatic heterocycles. The third-order valence-electron chi connectivity index (χ3n) is 5.42. The Morgan fingerprint density at radius 3 is 2.64 bits per heavy atom. The van der Waals surface area contributed by atoms with Crippen molar-refractivity contribution in [1.82, 2.24) is 0 Å². The molecule has 0 saturated heterocycles. The fourth-order valence-electron chi connectivity index (χ4n) is 4.20. The van der Waals surface area contributed by atoms with Crippen LogP contribution < -0.4 is 15.2 Å². The summed E-state index contributed by atoms with van der Waals surface area (Å²) in [6.07, 6.45) is 5.54. The first kappa shape index (κ1) is 15.8. The van der Waals surface area contributed by atoms with Crippen LogP contribution in [0.25, 0.3) is 0 Å². The maximum atomic E-state index is 11.0. The Balaban J connectivity index is 1.79. The maximum Gasteiger partial charge on any atom is 0.142 e. The number of anilines is 1. The van der Waals surface area contributed by atoms with E-state index < -0.39 is 5.97 Å². The topological polar surface area (TPSA) is 61.4 Å². The molecule has 0 bridgehead atoms. The molecule has 2 aromatic carbocycles. The molecule has 1 N–H and O–H groups in total. The molecule has 4 heteroatoms. The standard InChI is InChI=1S/C21H21NO3/c1-12-6-11-17(25-2)20-18(12)15-4-3-5-16(15)19(22-20)13-7-9-14(10-8-13)21(23)24/h3-4,6-11,15-16,19,22H,5H2,1-2H3,(H,23,24)/p-1/t15-,16-,19-/m0/s1. The molecule has 0 radical (unpaired) electrons. The number of aryl methyl sites for hydroxylation is 1. The lowest BCUT2D eigenvalue weighted by Crippen LogP contribution is -2.30. The Kier molecular flexibility index (Phi) is 3.75. The number of allylic oxidation sites excluding steroid dienone is 2. The number of carbonyl (C=O) groups is 1. The van der Waals surface area contributed by atoms with E-state index in [1.807, 2.05) is 18.2 Å². The molecule has 0 saturated carbocycles. The number of benzene rings is 2. The lowest BCUT2D eigenvalue weighted by atomic mass is 9.75. The van der Waals surface area contributed by atoms with Gasteiger partial charge in [-0.25, -0.2) is 0 Å². The number of hydrogen-bond donors (Lipinski definition) is 1. The first-order valence-corrected chi connectivity index (χ1v) is 8.52. The number of carboxylic acid groups (broad SMARTS) is 1. The third-order valence-corrected chi connectivity index (χ3v) is 5.42. The van der Waals surface area contributed by atoms with E-state index in [1.165, 1.54) is 11.1 Å². The average molecular weight is 334 g/mol. The van der Waals surface area contributed by atoms with Crippen molar-refractivity contribution in [3.8, 4) is 5.75 Å². The van der Waals surface area contributed by atoms with Crippen LogP contribution in [-0.2, 0) is 0 Å². The predicted molar refractivity (Wildman–Crippen MR) is 94.9 cm³/mol. The number of fused-ring (bicyclic) bond motifs is 3. The van der Waals surface area contributed by atoms with Crippen LogP contribution in [0, 0.1) is 12.8 Å². The Hall–Kier alpha value is -2.75. The van der Waals surface area contributed by atoms with Crippen molar-refractivity contribution in [2.24, 2.45) is 5.92 Å². The van der Waals surface area contributed by atoms with Crippen LogP contribution in [0.15, 0.2) is 48.6 Å². The van der Waals surface area contributed by atoms with E-state index in [-0.39, 0.29) is 11.6 Å². The first-order chi connectivity index (χ1) is 12.1. The van der Waals surface area contributed by atoms with Crippen molar-refractivity contribution in [3.05, 3.63) is 70.8 Å². The van der Waals surface area contributed by atoms with Crippen LogP contribution >= 0.6 is 0 Å². The summed E-state index contributed by atoms with van der Waals surface area (Å²) in [5.74, 6) is 0.450. The van der Waals surface area contributed by atoms with Gasteiger partial charge in [0.25, 0.3) is 0 Å². The zero-order valence-electron chi connectivity index (χ0n) is 14.3. The summed E-state index contributed by atoms with van der Waals surface area (Å²) in [4.78, 5) is 11.0. The summed E-state index contributed by atoms with van der Waals surface area (Å²) in [5, 5.41) is 14.7. The van der Waals surface area contributed by atoms with E-state index in [1.54, 1.807) is 19.2 Å². The highest BCUT2D eigenvalue weighted by atomic mass is 16.5. The van der Waals surface area contributed by atoms with Gasteiger partial charge in [0.15, 0.2) is 0 Å². The van der Waals surface area contributed by atoms with Crippen molar-refractivity contribution in [1.29, 1.82) is 0 Å². The van der Waals surface area contributed by atoms with Crippen LogP contribution in [0.5, 0.6) is 5.75 Å². The molecular formula is C21H20NO3-. The number of nitrogens with one attached hydrogen (secondary N) is 1. The smallest absolute Gasteiger partial charge is 0.142 e. The van der Waals surface area contributed by atoms with Gasteiger partial charge in [-0.1, -0.05) is 42.5 Å². The molecule has 0 aromatic heterocycles. The number of hydrogen-bond acceptors (Lipinski definition) is 4. The molecule has 2 aliphatic rings. The second kappa shape index (κ2) is 5.96. The van der Waals surface area contributed by atoms with Gasteiger partial charge in [0.1, 0.15) is 5.75 Å². The van der Waals surface area contributed by atoms with Gasteiger partial charge in [-0.15, -0.1) is 0 Å². The second-order valence-electron chi connectivity index (χ2n) is 6.76. The predicted octanol–water partition coefficient (Wildman–Crippen LogP) is 3.19. The molecule has 0 fully saturated rings. The molecule has 25 heavy (non-hydrogen) atoms. The Labute approximate surface area is 147 Å². The van der Waals surface area contributed by atoms with E-state index >= 15 is 0 Å². The number of carbonyl (C=O) groups excluding carboxylic acids is 1. The van der Waals surface area contributed by atoms with E-state index in [9.17, 15) is 9.90 Å². The van der Waals surface area contributed by atoms with Gasteiger partial charge in [0.2, 0.25) is 0 Å². The minimum Gasteiger partial charge on any atom is -0.545 e. The van der Waals surface area contributed by atoms with E-state index in [4.69, 9.17) is 4.74 Å². The summed E-state index contributed by atoms with van der Waals surface area (Å²) >= 11 is 0. The molecule has 2 aromatic rings. The minimum atomic E-state index is -1.15. The molecular weight excluding hydrogens is 314 g/mol. The minimum absolute atomic E-state index is 0.110. The van der Waals surface area contributed by atoms with Crippen LogP contribution in [0.3, 0.4) is 0 Å². The van der Waals surface area contributed by atoms with Gasteiger partial charge in [-0.05, 0) is 47.6 Å². The molecule has 128 valence electrons. The summed E-state index contributed by atoms with van der Waals surface area (Å²) in [7, 11) is 1.69. The van der Waals surface area contributed by atoms with Gasteiger partial charge in [0.05, 0.1) is 24.8 Å². The monoisotopic (exact) mass is 334 g/mol. The zero-order chi connectivity index (χ0) is 17.6. The summed E-state index contributed by atoms with van der Waals surface area (Å²) in [6, 6.07) is 11.2. The lowest BCUT2D eigenvalue weighted by molar-refractivity contribution is -0.255.